The summed E-state index contributed by atoms with van der Waals surface area (Å²) in [7, 11) is 0. The number of para-hydroxylation sites is 4. The van der Waals surface area contributed by atoms with Gasteiger partial charge in [-0.1, -0.05) is 166 Å². The van der Waals surface area contributed by atoms with Gasteiger partial charge in [-0.3, -0.25) is 0 Å². The fourth-order valence-electron chi connectivity index (χ4n) is 8.72. The lowest BCUT2D eigenvalue weighted by Gasteiger charge is -2.34. The lowest BCUT2D eigenvalue weighted by Crippen LogP contribution is -2.55. The summed E-state index contributed by atoms with van der Waals surface area (Å²) in [5.41, 5.74) is 15.3. The highest BCUT2D eigenvalue weighted by Crippen LogP contribution is 2.43. The summed E-state index contributed by atoms with van der Waals surface area (Å²) < 4.78 is 5.27. The van der Waals surface area contributed by atoms with Crippen LogP contribution in [0.4, 0.5) is 0 Å². The smallest absolute Gasteiger partial charge is 0.332 e. The molecule has 1 aliphatic rings. The molecule has 0 aliphatic carbocycles. The van der Waals surface area contributed by atoms with Crippen LogP contribution in [0.5, 0.6) is 0 Å². The zero-order valence-corrected chi connectivity index (χ0v) is 28.0. The number of benzene rings is 7. The molecular formula is C46H35BN2. The maximum Gasteiger partial charge on any atom is 0.332 e. The van der Waals surface area contributed by atoms with E-state index in [2.05, 4.69) is 188 Å². The summed E-state index contributed by atoms with van der Waals surface area (Å²) in [5.74, 6) is 0. The number of rotatable bonds is 3. The molecule has 3 heterocycles. The van der Waals surface area contributed by atoms with Gasteiger partial charge < -0.3 is 9.05 Å². The summed E-state index contributed by atoms with van der Waals surface area (Å²) in [6.07, 6.45) is 0. The molecule has 2 aromatic heterocycles. The maximum absolute atomic E-state index is 2.72. The first-order valence-corrected chi connectivity index (χ1v) is 17.3. The Balaban J connectivity index is 1.48. The van der Waals surface area contributed by atoms with Crippen LogP contribution in [-0.4, -0.2) is 15.9 Å². The minimum absolute atomic E-state index is 0.0688. The third-order valence-electron chi connectivity index (χ3n) is 10.7. The lowest BCUT2D eigenvalue weighted by atomic mass is 9.46. The van der Waals surface area contributed by atoms with E-state index < -0.39 is 0 Å². The van der Waals surface area contributed by atoms with E-state index in [1.807, 2.05) is 0 Å². The van der Waals surface area contributed by atoms with Gasteiger partial charge in [-0.15, -0.1) is 0 Å². The summed E-state index contributed by atoms with van der Waals surface area (Å²) in [6, 6.07) is 58.4. The molecule has 49 heavy (non-hydrogen) atoms. The number of aromatic nitrogens is 2. The quantitative estimate of drug-likeness (QED) is 0.173. The van der Waals surface area contributed by atoms with Crippen LogP contribution in [0.15, 0.2) is 158 Å². The molecular weight excluding hydrogens is 591 g/mol. The molecule has 0 spiro atoms. The summed E-state index contributed by atoms with van der Waals surface area (Å²) in [5, 5.41) is 5.17. The van der Waals surface area contributed by atoms with Gasteiger partial charge in [0.1, 0.15) is 0 Å². The second-order valence-electron chi connectivity index (χ2n) is 14.5. The zero-order chi connectivity index (χ0) is 32.9. The standard InChI is InChI=1S/C46H35BN2/c1-46(2,3)38-29-28-37-34-20-10-12-26-40(34)48-41-27-13-11-25-39(41)47(42(38)45(37)48)49-43-32(30-16-6-4-7-17-30)21-14-23-35(43)36-24-15-22-33(44(36)49)31-18-8-5-9-19-31/h4-29H,1-3H3. The number of nitrogens with zero attached hydrogens (tertiary/aromatic N) is 2. The molecule has 9 aromatic rings. The van der Waals surface area contributed by atoms with Gasteiger partial charge in [-0.25, -0.2) is 0 Å². The van der Waals surface area contributed by atoms with Gasteiger partial charge in [0.15, 0.2) is 0 Å². The van der Waals surface area contributed by atoms with E-state index in [1.54, 1.807) is 0 Å². The molecule has 0 saturated heterocycles. The molecule has 2 nitrogen and oxygen atoms in total. The first kappa shape index (κ1) is 28.2. The number of fused-ring (bicyclic) bond motifs is 8. The molecule has 0 saturated carbocycles. The van der Waals surface area contributed by atoms with Crippen LogP contribution >= 0.6 is 0 Å². The van der Waals surface area contributed by atoms with Gasteiger partial charge in [0.2, 0.25) is 0 Å². The van der Waals surface area contributed by atoms with E-state index in [0.717, 1.165) is 0 Å². The average molecular weight is 627 g/mol. The van der Waals surface area contributed by atoms with E-state index in [-0.39, 0.29) is 12.3 Å². The predicted octanol–water partition coefficient (Wildman–Crippen LogP) is 10.5. The minimum atomic E-state index is -0.0847. The average Bonchev–Trinajstić information content (AvgIpc) is 3.66. The third-order valence-corrected chi connectivity index (χ3v) is 10.7. The van der Waals surface area contributed by atoms with Crippen molar-refractivity contribution < 1.29 is 0 Å². The van der Waals surface area contributed by atoms with Crippen molar-refractivity contribution in [2.45, 2.75) is 26.2 Å². The van der Waals surface area contributed by atoms with Crippen LogP contribution in [0.1, 0.15) is 26.3 Å². The van der Waals surface area contributed by atoms with E-state index in [0.29, 0.717) is 0 Å². The monoisotopic (exact) mass is 626 g/mol. The molecule has 0 unspecified atom stereocenters. The summed E-state index contributed by atoms with van der Waals surface area (Å²) in [4.78, 5) is 0. The normalized spacial score (nSPS) is 12.8. The van der Waals surface area contributed by atoms with Crippen molar-refractivity contribution in [3.05, 3.63) is 163 Å². The fourth-order valence-corrected chi connectivity index (χ4v) is 8.72. The van der Waals surface area contributed by atoms with E-state index in [1.165, 1.54) is 88.0 Å². The molecule has 0 fully saturated rings. The van der Waals surface area contributed by atoms with Crippen molar-refractivity contribution in [3.63, 3.8) is 0 Å². The van der Waals surface area contributed by atoms with Crippen molar-refractivity contribution in [3.8, 4) is 27.9 Å². The third kappa shape index (κ3) is 3.96. The number of hydrogen-bond acceptors (Lipinski definition) is 0. The molecule has 10 rings (SSSR count). The fraction of sp³-hybridized carbons (Fsp3) is 0.0870. The van der Waals surface area contributed by atoms with Gasteiger partial charge in [0.25, 0.3) is 0 Å². The van der Waals surface area contributed by atoms with Crippen LogP contribution < -0.4 is 10.9 Å². The Hall–Kier alpha value is -5.80. The highest BCUT2D eigenvalue weighted by Gasteiger charge is 2.40. The van der Waals surface area contributed by atoms with Gasteiger partial charge in [0.05, 0.1) is 11.0 Å². The molecule has 3 heteroatoms. The molecule has 0 radical (unpaired) electrons. The van der Waals surface area contributed by atoms with E-state index >= 15 is 0 Å². The maximum atomic E-state index is 2.72. The van der Waals surface area contributed by atoms with E-state index in [9.17, 15) is 0 Å². The largest absolute Gasteiger partial charge is 0.375 e. The van der Waals surface area contributed by atoms with Crippen LogP contribution in [0.25, 0.3) is 71.6 Å². The second-order valence-corrected chi connectivity index (χ2v) is 14.5. The van der Waals surface area contributed by atoms with E-state index in [4.69, 9.17) is 0 Å². The van der Waals surface area contributed by atoms with Crippen LogP contribution in [0, 0.1) is 0 Å². The van der Waals surface area contributed by atoms with Gasteiger partial charge in [-0.05, 0) is 45.2 Å². The van der Waals surface area contributed by atoms with Crippen molar-refractivity contribution >= 4 is 61.4 Å². The summed E-state index contributed by atoms with van der Waals surface area (Å²) in [6.45, 7) is 7.03. The Morgan fingerprint density at radius 2 is 0.980 bits per heavy atom. The molecule has 0 atom stereocenters. The van der Waals surface area contributed by atoms with Gasteiger partial charge in [-0.2, -0.15) is 0 Å². The number of hydrogen-bond donors (Lipinski definition) is 0. The summed E-state index contributed by atoms with van der Waals surface area (Å²) >= 11 is 0. The van der Waals surface area contributed by atoms with Crippen molar-refractivity contribution in [2.24, 2.45) is 0 Å². The van der Waals surface area contributed by atoms with Gasteiger partial charge in [0, 0.05) is 49.4 Å². The van der Waals surface area contributed by atoms with Crippen LogP contribution in [0.2, 0.25) is 0 Å². The zero-order valence-electron chi connectivity index (χ0n) is 28.0. The Morgan fingerprint density at radius 1 is 0.449 bits per heavy atom. The van der Waals surface area contributed by atoms with Crippen LogP contribution in [0.3, 0.4) is 0 Å². The molecule has 0 N–H and O–H groups in total. The van der Waals surface area contributed by atoms with Crippen LogP contribution in [-0.2, 0) is 5.41 Å². The Labute approximate surface area is 287 Å². The molecule has 7 aromatic carbocycles. The first-order valence-electron chi connectivity index (χ1n) is 17.3. The molecule has 1 aliphatic heterocycles. The first-order chi connectivity index (χ1) is 24.0. The molecule has 232 valence electrons. The molecule has 0 amide bonds. The molecule has 0 bridgehead atoms. The van der Waals surface area contributed by atoms with Crippen molar-refractivity contribution in [2.75, 3.05) is 0 Å². The van der Waals surface area contributed by atoms with Crippen molar-refractivity contribution in [1.29, 1.82) is 0 Å². The second kappa shape index (κ2) is 10.4. The lowest BCUT2D eigenvalue weighted by molar-refractivity contribution is 0.594. The Bertz CT molecular complexity index is 2650. The topological polar surface area (TPSA) is 9.86 Å². The highest BCUT2D eigenvalue weighted by atomic mass is 15.0. The predicted molar refractivity (Wildman–Crippen MR) is 210 cm³/mol. The SMILES string of the molecule is CC(C)(C)c1ccc2c3ccccc3n3c2c1B(n1c2c(-c4ccccc4)cccc2c2cccc(-c4ccccc4)c21)c1ccccc1-3. The van der Waals surface area contributed by atoms with Crippen molar-refractivity contribution in [1.82, 2.24) is 9.05 Å². The minimum Gasteiger partial charge on any atom is -0.375 e. The van der Waals surface area contributed by atoms with Gasteiger partial charge >= 0.3 is 6.85 Å². The Kier molecular flexibility index (Phi) is 5.96. The Morgan fingerprint density at radius 3 is 1.61 bits per heavy atom. The highest BCUT2D eigenvalue weighted by molar-refractivity contribution is 6.89.